The van der Waals surface area contributed by atoms with Crippen molar-refractivity contribution in [2.24, 2.45) is 7.05 Å². The van der Waals surface area contributed by atoms with Crippen LogP contribution in [0.15, 0.2) is 24.3 Å². The van der Waals surface area contributed by atoms with Crippen LogP contribution in [0.1, 0.15) is 29.8 Å². The largest absolute Gasteiger partial charge is 0.464 e. The molecule has 1 aliphatic heterocycles. The molecule has 2 heterocycles. The third kappa shape index (κ3) is 2.76. The van der Waals surface area contributed by atoms with Crippen LogP contribution < -0.4 is 5.32 Å². The van der Waals surface area contributed by atoms with E-state index in [-0.39, 0.29) is 6.03 Å². The number of aryl methyl sites for hydroxylation is 1. The van der Waals surface area contributed by atoms with Crippen LogP contribution in [0, 0.1) is 0 Å². The second-order valence-electron chi connectivity index (χ2n) is 5.77. The van der Waals surface area contributed by atoms with Crippen molar-refractivity contribution < 1.29 is 14.3 Å². The van der Waals surface area contributed by atoms with Crippen molar-refractivity contribution in [3.63, 3.8) is 0 Å². The standard InChI is InChI=1S/C17H21N3O3/c1-19-13-9-5-4-8-12(13)14(15(19)16(21)23-2)18-17(22)20-10-6-3-7-11-20/h4-5,8-9H,3,6-7,10-11H2,1-2H3,(H,18,22). The Morgan fingerprint density at radius 3 is 2.52 bits per heavy atom. The summed E-state index contributed by atoms with van der Waals surface area (Å²) in [6, 6.07) is 7.44. The molecule has 0 unspecified atom stereocenters. The predicted molar refractivity (Wildman–Crippen MR) is 88.7 cm³/mol. The normalized spacial score (nSPS) is 14.8. The highest BCUT2D eigenvalue weighted by atomic mass is 16.5. The van der Waals surface area contributed by atoms with E-state index in [1.165, 1.54) is 7.11 Å². The number of nitrogens with one attached hydrogen (secondary N) is 1. The number of carbonyl (C=O) groups excluding carboxylic acids is 2. The van der Waals surface area contributed by atoms with Gasteiger partial charge in [0, 0.05) is 25.5 Å². The lowest BCUT2D eigenvalue weighted by atomic mass is 10.1. The molecule has 122 valence electrons. The summed E-state index contributed by atoms with van der Waals surface area (Å²) >= 11 is 0. The zero-order valence-electron chi connectivity index (χ0n) is 13.5. The monoisotopic (exact) mass is 315 g/mol. The Morgan fingerprint density at radius 2 is 1.83 bits per heavy atom. The maximum atomic E-state index is 12.5. The number of amides is 2. The zero-order chi connectivity index (χ0) is 16.4. The summed E-state index contributed by atoms with van der Waals surface area (Å²) in [5, 5.41) is 3.76. The summed E-state index contributed by atoms with van der Waals surface area (Å²) in [4.78, 5) is 26.5. The van der Waals surface area contributed by atoms with E-state index in [2.05, 4.69) is 5.32 Å². The van der Waals surface area contributed by atoms with Gasteiger partial charge < -0.3 is 19.5 Å². The van der Waals surface area contributed by atoms with Gasteiger partial charge in [-0.1, -0.05) is 18.2 Å². The van der Waals surface area contributed by atoms with Gasteiger partial charge in [0.1, 0.15) is 0 Å². The van der Waals surface area contributed by atoms with Gasteiger partial charge in [-0.2, -0.15) is 0 Å². The Morgan fingerprint density at radius 1 is 1.13 bits per heavy atom. The highest BCUT2D eigenvalue weighted by molar-refractivity contribution is 6.11. The number of aromatic nitrogens is 1. The van der Waals surface area contributed by atoms with Gasteiger partial charge in [-0.15, -0.1) is 0 Å². The van der Waals surface area contributed by atoms with Crippen LogP contribution in [0.3, 0.4) is 0 Å². The average Bonchev–Trinajstić information content (AvgIpc) is 2.87. The first kappa shape index (κ1) is 15.4. The van der Waals surface area contributed by atoms with Crippen molar-refractivity contribution in [3.05, 3.63) is 30.0 Å². The van der Waals surface area contributed by atoms with E-state index >= 15 is 0 Å². The van der Waals surface area contributed by atoms with Gasteiger partial charge in [-0.3, -0.25) is 0 Å². The van der Waals surface area contributed by atoms with Gasteiger partial charge in [0.25, 0.3) is 0 Å². The number of piperidine rings is 1. The first-order valence-electron chi connectivity index (χ1n) is 7.85. The number of urea groups is 1. The van der Waals surface area contributed by atoms with E-state index in [0.717, 1.165) is 43.3 Å². The highest BCUT2D eigenvalue weighted by Crippen LogP contribution is 2.31. The van der Waals surface area contributed by atoms with Crippen LogP contribution in [0.2, 0.25) is 0 Å². The van der Waals surface area contributed by atoms with E-state index in [9.17, 15) is 9.59 Å². The molecule has 2 aromatic rings. The lowest BCUT2D eigenvalue weighted by molar-refractivity contribution is 0.0591. The van der Waals surface area contributed by atoms with Crippen LogP contribution >= 0.6 is 0 Å². The predicted octanol–water partition coefficient (Wildman–Crippen LogP) is 2.98. The number of fused-ring (bicyclic) bond motifs is 1. The second-order valence-corrected chi connectivity index (χ2v) is 5.77. The smallest absolute Gasteiger partial charge is 0.356 e. The molecular formula is C17H21N3O3. The maximum Gasteiger partial charge on any atom is 0.356 e. The van der Waals surface area contributed by atoms with Crippen LogP contribution in [0.25, 0.3) is 10.9 Å². The maximum absolute atomic E-state index is 12.5. The number of hydrogen-bond donors (Lipinski definition) is 1. The molecule has 6 nitrogen and oxygen atoms in total. The number of ether oxygens (including phenoxy) is 1. The number of esters is 1. The van der Waals surface area contributed by atoms with Crippen molar-refractivity contribution in [2.45, 2.75) is 19.3 Å². The highest BCUT2D eigenvalue weighted by Gasteiger charge is 2.25. The van der Waals surface area contributed by atoms with E-state index in [4.69, 9.17) is 4.74 Å². The van der Waals surface area contributed by atoms with Crippen molar-refractivity contribution in [1.29, 1.82) is 0 Å². The second kappa shape index (κ2) is 6.32. The summed E-state index contributed by atoms with van der Waals surface area (Å²) < 4.78 is 6.65. The first-order chi connectivity index (χ1) is 11.1. The van der Waals surface area contributed by atoms with Gasteiger partial charge in [-0.05, 0) is 25.3 Å². The molecule has 1 saturated heterocycles. The minimum atomic E-state index is -0.461. The van der Waals surface area contributed by atoms with Gasteiger partial charge in [-0.25, -0.2) is 9.59 Å². The van der Waals surface area contributed by atoms with Crippen LogP contribution in [0.5, 0.6) is 0 Å². The number of carbonyl (C=O) groups is 2. The van der Waals surface area contributed by atoms with Crippen molar-refractivity contribution in [2.75, 3.05) is 25.5 Å². The van der Waals surface area contributed by atoms with E-state index in [1.807, 2.05) is 24.3 Å². The molecule has 0 saturated carbocycles. The molecule has 0 radical (unpaired) electrons. The average molecular weight is 315 g/mol. The number of likely N-dealkylation sites (tertiary alicyclic amines) is 1. The summed E-state index contributed by atoms with van der Waals surface area (Å²) in [6.45, 7) is 1.51. The lowest BCUT2D eigenvalue weighted by Gasteiger charge is -2.26. The SMILES string of the molecule is COC(=O)c1c(NC(=O)N2CCCCC2)c2ccccc2n1C. The molecule has 3 rings (SSSR count). The molecule has 1 aliphatic rings. The summed E-state index contributed by atoms with van der Waals surface area (Å²) in [5.41, 5.74) is 1.76. The quantitative estimate of drug-likeness (QED) is 0.867. The van der Waals surface area contributed by atoms with E-state index < -0.39 is 5.97 Å². The fourth-order valence-electron chi connectivity index (χ4n) is 3.14. The molecule has 1 N–H and O–H groups in total. The summed E-state index contributed by atoms with van der Waals surface area (Å²) in [5.74, 6) is -0.461. The zero-order valence-corrected chi connectivity index (χ0v) is 13.5. The molecule has 2 amide bonds. The number of anilines is 1. The number of para-hydroxylation sites is 1. The molecule has 0 spiro atoms. The van der Waals surface area contributed by atoms with E-state index in [1.54, 1.807) is 16.5 Å². The number of nitrogens with zero attached hydrogens (tertiary/aromatic N) is 2. The molecule has 0 bridgehead atoms. The molecule has 6 heteroatoms. The van der Waals surface area contributed by atoms with Gasteiger partial charge in [0.05, 0.1) is 18.3 Å². The lowest BCUT2D eigenvalue weighted by Crippen LogP contribution is -2.39. The summed E-state index contributed by atoms with van der Waals surface area (Å²) in [6.07, 6.45) is 3.20. The Labute approximate surface area is 135 Å². The molecule has 1 aromatic carbocycles. The van der Waals surface area contributed by atoms with Gasteiger partial charge in [0.15, 0.2) is 5.69 Å². The molecule has 1 fully saturated rings. The Hall–Kier alpha value is -2.50. The van der Waals surface area contributed by atoms with Crippen LogP contribution in [-0.2, 0) is 11.8 Å². The minimum Gasteiger partial charge on any atom is -0.464 e. The van der Waals surface area contributed by atoms with Crippen molar-refractivity contribution >= 4 is 28.6 Å². The Bertz CT molecular complexity index is 745. The third-order valence-electron chi connectivity index (χ3n) is 4.36. The number of hydrogen-bond acceptors (Lipinski definition) is 3. The Balaban J connectivity index is 2.01. The minimum absolute atomic E-state index is 0.161. The molecular weight excluding hydrogens is 294 g/mol. The molecule has 23 heavy (non-hydrogen) atoms. The van der Waals surface area contributed by atoms with Crippen molar-refractivity contribution in [3.8, 4) is 0 Å². The molecule has 0 atom stereocenters. The number of rotatable bonds is 2. The fraction of sp³-hybridized carbons (Fsp3) is 0.412. The van der Waals surface area contributed by atoms with Crippen molar-refractivity contribution in [1.82, 2.24) is 9.47 Å². The molecule has 0 aliphatic carbocycles. The van der Waals surface area contributed by atoms with Gasteiger partial charge in [0.2, 0.25) is 0 Å². The first-order valence-corrected chi connectivity index (χ1v) is 7.85. The number of benzene rings is 1. The fourth-order valence-corrected chi connectivity index (χ4v) is 3.14. The number of methoxy groups -OCH3 is 1. The van der Waals surface area contributed by atoms with E-state index in [0.29, 0.717) is 11.4 Å². The Kier molecular flexibility index (Phi) is 4.23. The van der Waals surface area contributed by atoms with Crippen LogP contribution in [0.4, 0.5) is 10.5 Å². The topological polar surface area (TPSA) is 63.6 Å². The van der Waals surface area contributed by atoms with Crippen LogP contribution in [-0.4, -0.2) is 41.7 Å². The third-order valence-corrected chi connectivity index (χ3v) is 4.36. The molecule has 1 aromatic heterocycles. The summed E-state index contributed by atoms with van der Waals surface area (Å²) in [7, 11) is 3.14. The van der Waals surface area contributed by atoms with Gasteiger partial charge >= 0.3 is 12.0 Å².